The van der Waals surface area contributed by atoms with E-state index >= 15 is 0 Å². The van der Waals surface area contributed by atoms with E-state index in [-0.39, 0.29) is 35.2 Å². The smallest absolute Gasteiger partial charge is 0.302 e. The lowest BCUT2D eigenvalue weighted by molar-refractivity contribution is -0.140. The second-order valence-corrected chi connectivity index (χ2v) is 16.2. The van der Waals surface area contributed by atoms with Crippen LogP contribution in [0.4, 0.5) is 0 Å². The molecule has 0 saturated heterocycles. The van der Waals surface area contributed by atoms with E-state index in [1.54, 1.807) is 7.11 Å². The van der Waals surface area contributed by atoms with Crippen LogP contribution in [-0.2, 0) is 28.2 Å². The van der Waals surface area contributed by atoms with Gasteiger partial charge in [0.05, 0.1) is 19.3 Å². The maximum Gasteiger partial charge on any atom is 0.302 e. The standard InChI is InChI=1S/C27H50O6Si/c1-21-14-15-23(27(6,7)24(21)19-31-22(2)28)25(32-20-30-18-17-29-8)13-11-12-16-33-34(9,10)26(3,4)5/h11,13,23,25H,12,14-20H2,1-10H3/b13-11+/t23-,25+/m0/s1. The predicted octanol–water partition coefficient (Wildman–Crippen LogP) is 6.28. The molecule has 0 radical (unpaired) electrons. The predicted molar refractivity (Wildman–Crippen MR) is 140 cm³/mol. The minimum atomic E-state index is -1.75. The molecule has 1 aliphatic carbocycles. The molecule has 0 aromatic rings. The van der Waals surface area contributed by atoms with Crippen molar-refractivity contribution in [2.75, 3.05) is 40.3 Å². The topological polar surface area (TPSA) is 63.2 Å². The molecule has 198 valence electrons. The van der Waals surface area contributed by atoms with E-state index < -0.39 is 8.32 Å². The Labute approximate surface area is 209 Å². The Morgan fingerprint density at radius 1 is 1.21 bits per heavy atom. The number of hydrogen-bond acceptors (Lipinski definition) is 6. The zero-order valence-corrected chi connectivity index (χ0v) is 24.4. The summed E-state index contributed by atoms with van der Waals surface area (Å²) in [5.41, 5.74) is 2.34. The molecule has 0 aliphatic heterocycles. The van der Waals surface area contributed by atoms with Gasteiger partial charge in [-0.3, -0.25) is 4.79 Å². The zero-order chi connectivity index (χ0) is 26.0. The van der Waals surface area contributed by atoms with Crippen LogP contribution in [0.3, 0.4) is 0 Å². The molecular weight excluding hydrogens is 448 g/mol. The van der Waals surface area contributed by atoms with Gasteiger partial charge in [0.15, 0.2) is 8.32 Å². The van der Waals surface area contributed by atoms with E-state index in [0.717, 1.165) is 25.9 Å². The minimum absolute atomic E-state index is 0.106. The fraction of sp³-hybridized carbons (Fsp3) is 0.815. The Kier molecular flexibility index (Phi) is 12.7. The normalized spacial score (nSPS) is 20.1. The molecule has 0 saturated carbocycles. The van der Waals surface area contributed by atoms with Gasteiger partial charge in [0.25, 0.3) is 0 Å². The maximum absolute atomic E-state index is 11.5. The van der Waals surface area contributed by atoms with Crippen LogP contribution < -0.4 is 0 Å². The Balaban J connectivity index is 2.92. The monoisotopic (exact) mass is 498 g/mol. The van der Waals surface area contributed by atoms with Crippen molar-refractivity contribution in [3.05, 3.63) is 23.3 Å². The lowest BCUT2D eigenvalue weighted by Crippen LogP contribution is -2.41. The third kappa shape index (κ3) is 9.57. The summed E-state index contributed by atoms with van der Waals surface area (Å²) >= 11 is 0. The molecule has 0 bridgehead atoms. The van der Waals surface area contributed by atoms with Crippen molar-refractivity contribution < 1.29 is 28.2 Å². The highest BCUT2D eigenvalue weighted by molar-refractivity contribution is 6.74. The SMILES string of the molecule is COCCOCO[C@H](/C=C/CCO[Si](C)(C)C(C)(C)C)[C@@H]1CCC(C)=C(COC(C)=O)C1(C)C. The summed E-state index contributed by atoms with van der Waals surface area (Å²) in [5.74, 6) is -0.00969. The van der Waals surface area contributed by atoms with Gasteiger partial charge in [-0.2, -0.15) is 0 Å². The molecule has 0 fully saturated rings. The summed E-state index contributed by atoms with van der Waals surface area (Å²) in [6.45, 7) is 21.7. The molecule has 7 heteroatoms. The zero-order valence-electron chi connectivity index (χ0n) is 23.4. The van der Waals surface area contributed by atoms with E-state index in [9.17, 15) is 4.79 Å². The molecule has 0 amide bonds. The van der Waals surface area contributed by atoms with E-state index in [2.05, 4.69) is 66.8 Å². The van der Waals surface area contributed by atoms with Gasteiger partial charge in [-0.1, -0.05) is 52.3 Å². The van der Waals surface area contributed by atoms with E-state index in [1.807, 2.05) is 0 Å². The van der Waals surface area contributed by atoms with Crippen LogP contribution in [0.25, 0.3) is 0 Å². The van der Waals surface area contributed by atoms with Gasteiger partial charge in [-0.25, -0.2) is 0 Å². The Morgan fingerprint density at radius 2 is 1.88 bits per heavy atom. The number of ether oxygens (including phenoxy) is 4. The minimum Gasteiger partial charge on any atom is -0.461 e. The first-order chi connectivity index (χ1) is 15.7. The number of allylic oxidation sites excluding steroid dienone is 1. The molecule has 0 spiro atoms. The molecule has 6 nitrogen and oxygen atoms in total. The third-order valence-electron chi connectivity index (χ3n) is 7.52. The molecule has 34 heavy (non-hydrogen) atoms. The van der Waals surface area contributed by atoms with Gasteiger partial charge in [0, 0.05) is 20.6 Å². The van der Waals surface area contributed by atoms with E-state index in [4.69, 9.17) is 23.4 Å². The summed E-state index contributed by atoms with van der Waals surface area (Å²) in [5, 5.41) is 0.205. The Hall–Kier alpha value is -0.993. The van der Waals surface area contributed by atoms with Crippen LogP contribution in [0, 0.1) is 11.3 Å². The average molecular weight is 499 g/mol. The molecule has 0 heterocycles. The summed E-state index contributed by atoms with van der Waals surface area (Å²) in [7, 11) is -0.0928. The van der Waals surface area contributed by atoms with Crippen molar-refractivity contribution >= 4 is 14.3 Å². The maximum atomic E-state index is 11.5. The molecule has 0 aromatic carbocycles. The quantitative estimate of drug-likeness (QED) is 0.0924. The first kappa shape index (κ1) is 31.0. The molecule has 0 aromatic heterocycles. The number of methoxy groups -OCH3 is 1. The number of hydrogen-bond donors (Lipinski definition) is 0. The van der Waals surface area contributed by atoms with Gasteiger partial charge in [-0.15, -0.1) is 0 Å². The lowest BCUT2D eigenvalue weighted by Gasteiger charge is -2.44. The summed E-state index contributed by atoms with van der Waals surface area (Å²) < 4.78 is 28.7. The van der Waals surface area contributed by atoms with Crippen molar-refractivity contribution in [3.63, 3.8) is 0 Å². The van der Waals surface area contributed by atoms with E-state index in [0.29, 0.717) is 19.8 Å². The van der Waals surface area contributed by atoms with Crippen molar-refractivity contribution in [1.82, 2.24) is 0 Å². The van der Waals surface area contributed by atoms with Crippen molar-refractivity contribution in [3.8, 4) is 0 Å². The van der Waals surface area contributed by atoms with Crippen LogP contribution in [-0.4, -0.2) is 60.7 Å². The Morgan fingerprint density at radius 3 is 2.47 bits per heavy atom. The molecule has 1 aliphatic rings. The summed E-state index contributed by atoms with van der Waals surface area (Å²) in [4.78, 5) is 11.5. The second-order valence-electron chi connectivity index (χ2n) is 11.4. The largest absolute Gasteiger partial charge is 0.461 e. The summed E-state index contributed by atoms with van der Waals surface area (Å²) in [6, 6.07) is 0. The molecule has 2 atom stereocenters. The first-order valence-corrected chi connectivity index (χ1v) is 15.5. The van der Waals surface area contributed by atoms with Crippen LogP contribution >= 0.6 is 0 Å². The van der Waals surface area contributed by atoms with Crippen molar-refractivity contribution in [1.29, 1.82) is 0 Å². The van der Waals surface area contributed by atoms with Crippen LogP contribution in [0.1, 0.15) is 67.7 Å². The number of carbonyl (C=O) groups is 1. The highest BCUT2D eigenvalue weighted by Gasteiger charge is 2.42. The van der Waals surface area contributed by atoms with Crippen LogP contribution in [0.5, 0.6) is 0 Å². The fourth-order valence-corrected chi connectivity index (χ4v) is 5.24. The lowest BCUT2D eigenvalue weighted by atomic mass is 9.63. The van der Waals surface area contributed by atoms with Gasteiger partial charge < -0.3 is 23.4 Å². The van der Waals surface area contributed by atoms with Gasteiger partial charge >= 0.3 is 5.97 Å². The Bertz CT molecular complexity index is 690. The third-order valence-corrected chi connectivity index (χ3v) is 12.1. The fourth-order valence-electron chi connectivity index (χ4n) is 4.18. The summed E-state index contributed by atoms with van der Waals surface area (Å²) in [6.07, 6.45) is 7.07. The van der Waals surface area contributed by atoms with Crippen LogP contribution in [0.15, 0.2) is 23.3 Å². The number of rotatable bonds is 14. The van der Waals surface area contributed by atoms with Gasteiger partial charge in [0.2, 0.25) is 0 Å². The average Bonchev–Trinajstić information content (AvgIpc) is 2.70. The highest BCUT2D eigenvalue weighted by atomic mass is 28.4. The van der Waals surface area contributed by atoms with Crippen molar-refractivity contribution in [2.24, 2.45) is 11.3 Å². The van der Waals surface area contributed by atoms with Gasteiger partial charge in [-0.05, 0) is 61.2 Å². The number of esters is 1. The van der Waals surface area contributed by atoms with Crippen molar-refractivity contribution in [2.45, 2.75) is 92.0 Å². The van der Waals surface area contributed by atoms with Crippen LogP contribution in [0.2, 0.25) is 18.1 Å². The molecule has 1 rings (SSSR count). The highest BCUT2D eigenvalue weighted by Crippen LogP contribution is 2.47. The molecule has 0 N–H and O–H groups in total. The number of carbonyl (C=O) groups excluding carboxylic acids is 1. The molecule has 0 unspecified atom stereocenters. The van der Waals surface area contributed by atoms with E-state index in [1.165, 1.54) is 18.1 Å². The van der Waals surface area contributed by atoms with Gasteiger partial charge in [0.1, 0.15) is 13.4 Å². The second kappa shape index (κ2) is 13.9. The molecular formula is C27H50O6Si. The first-order valence-electron chi connectivity index (χ1n) is 12.6.